The molecule has 4 aromatic rings. The monoisotopic (exact) mass is 436 g/mol. The molecule has 158 valence electrons. The number of aryl methyl sites for hydroxylation is 2. The van der Waals surface area contributed by atoms with E-state index in [-0.39, 0.29) is 12.3 Å². The molecule has 0 bridgehead atoms. The van der Waals surface area contributed by atoms with E-state index in [4.69, 9.17) is 11.6 Å². The number of amides is 1. The van der Waals surface area contributed by atoms with E-state index < -0.39 is 11.9 Å². The summed E-state index contributed by atoms with van der Waals surface area (Å²) in [5.74, 6) is -0.466. The first-order chi connectivity index (χ1) is 15.0. The predicted octanol–water partition coefficient (Wildman–Crippen LogP) is 5.03. The SMILES string of the molecule is Cc1ccn(CCC(=O)N2CCc3c([nH]c4ccccc34)C2c2c(F)cccc2Cl)n1. The second-order valence-corrected chi connectivity index (χ2v) is 8.32. The molecule has 0 radical (unpaired) electrons. The maximum absolute atomic E-state index is 15.0. The zero-order valence-corrected chi connectivity index (χ0v) is 17.9. The van der Waals surface area contributed by atoms with Gasteiger partial charge in [0.05, 0.1) is 5.69 Å². The summed E-state index contributed by atoms with van der Waals surface area (Å²) >= 11 is 6.47. The molecule has 0 fully saturated rings. The number of H-pyrrole nitrogens is 1. The molecule has 1 N–H and O–H groups in total. The number of halogens is 2. The Balaban J connectivity index is 1.56. The van der Waals surface area contributed by atoms with Gasteiger partial charge in [0.1, 0.15) is 11.9 Å². The van der Waals surface area contributed by atoms with Crippen molar-refractivity contribution in [2.24, 2.45) is 0 Å². The van der Waals surface area contributed by atoms with Crippen LogP contribution >= 0.6 is 11.6 Å². The van der Waals surface area contributed by atoms with Crippen LogP contribution in [0.15, 0.2) is 54.7 Å². The first-order valence-corrected chi connectivity index (χ1v) is 10.7. The van der Waals surface area contributed by atoms with Gasteiger partial charge in [0.15, 0.2) is 0 Å². The number of rotatable bonds is 4. The maximum Gasteiger partial charge on any atom is 0.225 e. The number of carbonyl (C=O) groups excluding carboxylic acids is 1. The Morgan fingerprint density at radius 2 is 2.06 bits per heavy atom. The molecule has 2 aromatic carbocycles. The van der Waals surface area contributed by atoms with E-state index in [1.807, 2.05) is 37.4 Å². The van der Waals surface area contributed by atoms with Crippen molar-refractivity contribution in [1.29, 1.82) is 0 Å². The zero-order chi connectivity index (χ0) is 21.5. The molecular weight excluding hydrogens is 415 g/mol. The Labute approximate surface area is 184 Å². The molecule has 5 rings (SSSR count). The fraction of sp³-hybridized carbons (Fsp3) is 0.250. The van der Waals surface area contributed by atoms with Crippen LogP contribution < -0.4 is 0 Å². The number of aromatic amines is 1. The van der Waals surface area contributed by atoms with E-state index in [1.54, 1.807) is 21.7 Å². The highest BCUT2D eigenvalue weighted by Crippen LogP contribution is 2.41. The third-order valence-corrected chi connectivity index (χ3v) is 6.29. The standard InChI is InChI=1S/C24H22ClFN4O/c1-15-9-12-29(28-15)13-11-21(31)30-14-10-17-16-5-2-3-8-20(16)27-23(17)24(30)22-18(25)6-4-7-19(22)26/h2-9,12,24,27H,10-11,13-14H2,1H3. The lowest BCUT2D eigenvalue weighted by Crippen LogP contribution is -2.41. The Bertz CT molecular complexity index is 1260. The van der Waals surface area contributed by atoms with Gasteiger partial charge in [-0.15, -0.1) is 0 Å². The van der Waals surface area contributed by atoms with Gasteiger partial charge in [0, 0.05) is 52.9 Å². The van der Waals surface area contributed by atoms with Crippen LogP contribution in [0, 0.1) is 12.7 Å². The van der Waals surface area contributed by atoms with Crippen molar-refractivity contribution in [1.82, 2.24) is 19.7 Å². The summed E-state index contributed by atoms with van der Waals surface area (Å²) in [5, 5.41) is 5.78. The molecule has 0 spiro atoms. The first kappa shape index (κ1) is 19.8. The molecule has 1 amide bonds. The summed E-state index contributed by atoms with van der Waals surface area (Å²) in [4.78, 5) is 18.5. The minimum Gasteiger partial charge on any atom is -0.356 e. The third-order valence-electron chi connectivity index (χ3n) is 5.96. The molecule has 2 aromatic heterocycles. The zero-order valence-electron chi connectivity index (χ0n) is 17.1. The molecule has 0 saturated heterocycles. The molecule has 5 nitrogen and oxygen atoms in total. The van der Waals surface area contributed by atoms with Crippen LogP contribution in [-0.2, 0) is 17.8 Å². The number of nitrogens with one attached hydrogen (secondary N) is 1. The second kappa shape index (κ2) is 7.85. The average molecular weight is 437 g/mol. The highest BCUT2D eigenvalue weighted by molar-refractivity contribution is 6.31. The molecule has 3 heterocycles. The maximum atomic E-state index is 15.0. The number of hydrogen-bond acceptors (Lipinski definition) is 2. The van der Waals surface area contributed by atoms with Crippen molar-refractivity contribution in [2.45, 2.75) is 32.4 Å². The van der Waals surface area contributed by atoms with Crippen LogP contribution in [0.25, 0.3) is 10.9 Å². The van der Waals surface area contributed by atoms with Crippen LogP contribution in [-0.4, -0.2) is 32.1 Å². The average Bonchev–Trinajstić information content (AvgIpc) is 3.35. The van der Waals surface area contributed by atoms with E-state index in [0.29, 0.717) is 30.1 Å². The van der Waals surface area contributed by atoms with E-state index in [1.165, 1.54) is 6.07 Å². The number of nitrogens with zero attached hydrogens (tertiary/aromatic N) is 3. The molecular formula is C24H22ClFN4O. The number of para-hydroxylation sites is 1. The third kappa shape index (κ3) is 3.51. The van der Waals surface area contributed by atoms with Crippen molar-refractivity contribution in [2.75, 3.05) is 6.54 Å². The quantitative estimate of drug-likeness (QED) is 0.487. The molecule has 31 heavy (non-hydrogen) atoms. The topological polar surface area (TPSA) is 53.9 Å². The van der Waals surface area contributed by atoms with E-state index in [2.05, 4.69) is 16.1 Å². The lowest BCUT2D eigenvalue weighted by Gasteiger charge is -2.37. The minimum absolute atomic E-state index is 0.0539. The van der Waals surface area contributed by atoms with Crippen LogP contribution in [0.4, 0.5) is 4.39 Å². The van der Waals surface area contributed by atoms with Crippen LogP contribution in [0.3, 0.4) is 0 Å². The van der Waals surface area contributed by atoms with Crippen LogP contribution in [0.2, 0.25) is 5.02 Å². The van der Waals surface area contributed by atoms with Gasteiger partial charge in [-0.2, -0.15) is 5.10 Å². The highest BCUT2D eigenvalue weighted by Gasteiger charge is 2.36. The van der Waals surface area contributed by atoms with Crippen molar-refractivity contribution >= 4 is 28.4 Å². The number of fused-ring (bicyclic) bond motifs is 3. The van der Waals surface area contributed by atoms with Gasteiger partial charge in [-0.3, -0.25) is 9.48 Å². The number of benzene rings is 2. The largest absolute Gasteiger partial charge is 0.356 e. The summed E-state index contributed by atoms with van der Waals surface area (Å²) in [7, 11) is 0. The van der Waals surface area contributed by atoms with Gasteiger partial charge in [0.25, 0.3) is 0 Å². The predicted molar refractivity (Wildman–Crippen MR) is 119 cm³/mol. The van der Waals surface area contributed by atoms with Gasteiger partial charge in [-0.05, 0) is 43.2 Å². The van der Waals surface area contributed by atoms with Crippen molar-refractivity contribution in [3.63, 3.8) is 0 Å². The van der Waals surface area contributed by atoms with Gasteiger partial charge in [-0.25, -0.2) is 4.39 Å². The Hall–Kier alpha value is -3.12. The molecule has 0 saturated carbocycles. The number of carbonyl (C=O) groups is 1. The fourth-order valence-corrected chi connectivity index (χ4v) is 4.79. The van der Waals surface area contributed by atoms with Crippen molar-refractivity contribution in [3.05, 3.63) is 88.1 Å². The summed E-state index contributed by atoms with van der Waals surface area (Å²) < 4.78 is 16.8. The van der Waals surface area contributed by atoms with Crippen molar-refractivity contribution < 1.29 is 9.18 Å². The van der Waals surface area contributed by atoms with E-state index >= 15 is 4.39 Å². The summed E-state index contributed by atoms with van der Waals surface area (Å²) in [6.45, 7) is 2.89. The summed E-state index contributed by atoms with van der Waals surface area (Å²) in [6.07, 6.45) is 2.84. The molecule has 1 unspecified atom stereocenters. The van der Waals surface area contributed by atoms with Gasteiger partial charge in [0.2, 0.25) is 5.91 Å². The second-order valence-electron chi connectivity index (χ2n) is 7.91. The number of hydrogen-bond donors (Lipinski definition) is 1. The van der Waals surface area contributed by atoms with Gasteiger partial charge in [-0.1, -0.05) is 35.9 Å². The molecule has 7 heteroatoms. The first-order valence-electron chi connectivity index (χ1n) is 10.4. The Morgan fingerprint density at radius 1 is 1.23 bits per heavy atom. The lowest BCUT2D eigenvalue weighted by atomic mass is 9.91. The van der Waals surface area contributed by atoms with Crippen LogP contribution in [0.1, 0.15) is 35.0 Å². The lowest BCUT2D eigenvalue weighted by molar-refractivity contribution is -0.133. The fourth-order valence-electron chi connectivity index (χ4n) is 4.52. The Morgan fingerprint density at radius 3 is 2.84 bits per heavy atom. The van der Waals surface area contributed by atoms with E-state index in [0.717, 1.165) is 27.9 Å². The van der Waals surface area contributed by atoms with E-state index in [9.17, 15) is 4.79 Å². The van der Waals surface area contributed by atoms with Crippen LogP contribution in [0.5, 0.6) is 0 Å². The molecule has 1 aliphatic rings. The Kier molecular flexibility index (Phi) is 5.02. The number of aromatic nitrogens is 3. The summed E-state index contributed by atoms with van der Waals surface area (Å²) in [6, 6.07) is 14.0. The normalized spacial score (nSPS) is 16.0. The van der Waals surface area contributed by atoms with Crippen molar-refractivity contribution in [3.8, 4) is 0 Å². The minimum atomic E-state index is -0.600. The van der Waals surface area contributed by atoms with Gasteiger partial charge >= 0.3 is 0 Å². The molecule has 1 atom stereocenters. The smallest absolute Gasteiger partial charge is 0.225 e. The van der Waals surface area contributed by atoms with Gasteiger partial charge < -0.3 is 9.88 Å². The highest BCUT2D eigenvalue weighted by atomic mass is 35.5. The summed E-state index contributed by atoms with van der Waals surface area (Å²) in [5.41, 5.74) is 4.17. The molecule has 0 aliphatic carbocycles. The molecule has 1 aliphatic heterocycles.